The van der Waals surface area contributed by atoms with Gasteiger partial charge in [0.15, 0.2) is 5.79 Å². The number of nitrogens with zero attached hydrogens (tertiary/aromatic N) is 3. The summed E-state index contributed by atoms with van der Waals surface area (Å²) in [6, 6.07) is 0. The predicted molar refractivity (Wildman–Crippen MR) is 93.0 cm³/mol. The average molecular weight is 381 g/mol. The molecule has 4 rings (SSSR count). The maximum atomic E-state index is 13.0. The third-order valence-corrected chi connectivity index (χ3v) is 6.68. The van der Waals surface area contributed by atoms with Gasteiger partial charge in [-0.1, -0.05) is 0 Å². The number of rotatable bonds is 2. The van der Waals surface area contributed by atoms with Crippen molar-refractivity contribution >= 4 is 15.9 Å². The highest BCUT2D eigenvalue weighted by Crippen LogP contribution is 2.32. The van der Waals surface area contributed by atoms with E-state index in [1.54, 1.807) is 12.4 Å². The van der Waals surface area contributed by atoms with Crippen LogP contribution in [-0.4, -0.2) is 73.4 Å². The van der Waals surface area contributed by atoms with Crippen LogP contribution in [0.15, 0.2) is 12.4 Å². The molecule has 1 aromatic heterocycles. The van der Waals surface area contributed by atoms with Crippen LogP contribution in [0, 0.1) is 0 Å². The van der Waals surface area contributed by atoms with Gasteiger partial charge in [-0.3, -0.25) is 9.78 Å². The first kappa shape index (κ1) is 17.8. The van der Waals surface area contributed by atoms with Crippen LogP contribution in [0.4, 0.5) is 0 Å². The summed E-state index contributed by atoms with van der Waals surface area (Å²) in [5.41, 5.74) is 2.31. The van der Waals surface area contributed by atoms with Crippen LogP contribution in [0.3, 0.4) is 0 Å². The van der Waals surface area contributed by atoms with Gasteiger partial charge in [0.1, 0.15) is 0 Å². The fourth-order valence-corrected chi connectivity index (χ4v) is 4.74. The van der Waals surface area contributed by atoms with Gasteiger partial charge in [0.25, 0.3) is 5.91 Å². The third kappa shape index (κ3) is 3.24. The highest BCUT2D eigenvalue weighted by molar-refractivity contribution is 7.88. The summed E-state index contributed by atoms with van der Waals surface area (Å²) in [5, 5.41) is 0. The number of hydrogen-bond acceptors (Lipinski definition) is 6. The Balaban J connectivity index is 1.51. The van der Waals surface area contributed by atoms with E-state index in [-0.39, 0.29) is 12.5 Å². The molecule has 1 amide bonds. The molecular formula is C17H23N3O5S. The zero-order valence-corrected chi connectivity index (χ0v) is 15.6. The summed E-state index contributed by atoms with van der Waals surface area (Å²) in [5.74, 6) is -0.559. The summed E-state index contributed by atoms with van der Waals surface area (Å²) >= 11 is 0. The monoisotopic (exact) mass is 381 g/mol. The van der Waals surface area contributed by atoms with Crippen molar-refractivity contribution in [3.8, 4) is 0 Å². The van der Waals surface area contributed by atoms with E-state index in [0.717, 1.165) is 11.1 Å². The number of sulfonamides is 1. The molecule has 3 aliphatic heterocycles. The molecule has 26 heavy (non-hydrogen) atoms. The van der Waals surface area contributed by atoms with Gasteiger partial charge in [-0.15, -0.1) is 0 Å². The average Bonchev–Trinajstić information content (AvgIpc) is 3.08. The molecule has 3 aliphatic rings. The van der Waals surface area contributed by atoms with Gasteiger partial charge in [-0.05, 0) is 17.5 Å². The molecule has 4 heterocycles. The Hall–Kier alpha value is -1.55. The zero-order chi connectivity index (χ0) is 18.4. The molecule has 0 unspecified atom stereocenters. The van der Waals surface area contributed by atoms with Crippen molar-refractivity contribution in [3.63, 3.8) is 0 Å². The minimum absolute atomic E-state index is 0.0463. The van der Waals surface area contributed by atoms with E-state index < -0.39 is 15.8 Å². The van der Waals surface area contributed by atoms with Gasteiger partial charge in [0, 0.05) is 51.4 Å². The fourth-order valence-electron chi connectivity index (χ4n) is 3.94. The lowest BCUT2D eigenvalue weighted by atomic mass is 9.96. The van der Waals surface area contributed by atoms with E-state index >= 15 is 0 Å². The van der Waals surface area contributed by atoms with Crippen LogP contribution in [0.1, 0.15) is 34.3 Å². The van der Waals surface area contributed by atoms with Gasteiger partial charge in [0.05, 0.1) is 25.0 Å². The largest absolute Gasteiger partial charge is 0.347 e. The predicted octanol–water partition coefficient (Wildman–Crippen LogP) is 0.378. The molecule has 2 saturated heterocycles. The van der Waals surface area contributed by atoms with Crippen molar-refractivity contribution in [3.05, 3.63) is 29.1 Å². The van der Waals surface area contributed by atoms with Crippen LogP contribution in [0.25, 0.3) is 0 Å². The summed E-state index contributed by atoms with van der Waals surface area (Å²) in [7, 11) is -3.25. The Morgan fingerprint density at radius 3 is 2.50 bits per heavy atom. The van der Waals surface area contributed by atoms with Crippen molar-refractivity contribution in [2.24, 2.45) is 0 Å². The van der Waals surface area contributed by atoms with E-state index in [4.69, 9.17) is 9.47 Å². The van der Waals surface area contributed by atoms with Gasteiger partial charge < -0.3 is 14.4 Å². The highest BCUT2D eigenvalue weighted by atomic mass is 32.2. The number of aromatic nitrogens is 1. The number of pyridine rings is 1. The maximum absolute atomic E-state index is 13.0. The molecule has 2 fully saturated rings. The van der Waals surface area contributed by atoms with E-state index in [1.165, 1.54) is 10.6 Å². The van der Waals surface area contributed by atoms with E-state index in [2.05, 4.69) is 4.98 Å². The minimum Gasteiger partial charge on any atom is -0.347 e. The lowest BCUT2D eigenvalue weighted by molar-refractivity contribution is -0.181. The van der Waals surface area contributed by atoms with E-state index in [9.17, 15) is 13.2 Å². The topological polar surface area (TPSA) is 89.0 Å². The number of ether oxygens (including phenoxy) is 2. The summed E-state index contributed by atoms with van der Waals surface area (Å²) in [4.78, 5) is 19.0. The molecule has 0 N–H and O–H groups in total. The Kier molecular flexibility index (Phi) is 4.50. The Labute approximate surface area is 153 Å². The molecule has 0 aromatic carbocycles. The van der Waals surface area contributed by atoms with Crippen molar-refractivity contribution in [2.75, 3.05) is 39.1 Å². The molecule has 0 atom stereocenters. The molecule has 142 valence electrons. The molecule has 0 bridgehead atoms. The van der Waals surface area contributed by atoms with Gasteiger partial charge in [-0.25, -0.2) is 8.42 Å². The Bertz CT molecular complexity index is 810. The Morgan fingerprint density at radius 2 is 1.85 bits per heavy atom. The second kappa shape index (κ2) is 6.56. The molecule has 8 nitrogen and oxygen atoms in total. The normalized spacial score (nSPS) is 23.2. The van der Waals surface area contributed by atoms with Crippen LogP contribution in [-0.2, 0) is 32.5 Å². The van der Waals surface area contributed by atoms with E-state index in [0.29, 0.717) is 57.7 Å². The lowest BCUT2D eigenvalue weighted by Gasteiger charge is -2.38. The quantitative estimate of drug-likeness (QED) is 0.736. The number of hydrogen-bond donors (Lipinski definition) is 0. The molecule has 0 radical (unpaired) electrons. The van der Waals surface area contributed by atoms with E-state index in [1.807, 2.05) is 4.90 Å². The summed E-state index contributed by atoms with van der Waals surface area (Å²) in [6.45, 7) is 3.05. The zero-order valence-electron chi connectivity index (χ0n) is 14.8. The molecular weight excluding hydrogens is 358 g/mol. The number of fused-ring (bicyclic) bond motifs is 1. The molecule has 1 spiro atoms. The molecule has 0 saturated carbocycles. The number of piperidine rings is 1. The number of carbonyl (C=O) groups excluding carboxylic acids is 1. The lowest BCUT2D eigenvalue weighted by Crippen LogP contribution is -2.47. The van der Waals surface area contributed by atoms with Gasteiger partial charge in [0.2, 0.25) is 10.0 Å². The van der Waals surface area contributed by atoms with Crippen LogP contribution >= 0.6 is 0 Å². The smallest absolute Gasteiger partial charge is 0.255 e. The Morgan fingerprint density at radius 1 is 1.15 bits per heavy atom. The number of carbonyl (C=O) groups is 1. The maximum Gasteiger partial charge on any atom is 0.255 e. The minimum atomic E-state index is -3.25. The first-order valence-corrected chi connectivity index (χ1v) is 10.7. The SMILES string of the molecule is CS(=O)(=O)N1CCc2c(cncc2C(=O)N2CCC3(CC2)OCCO3)C1. The van der Waals surface area contributed by atoms with Crippen molar-refractivity contribution < 1.29 is 22.7 Å². The standard InChI is InChI=1S/C17H23N3O5S/c1-26(22,23)20-5-2-14-13(12-20)10-18-11-15(14)16(21)19-6-3-17(4-7-19)24-8-9-25-17/h10-11H,2-9,12H2,1H3. The number of likely N-dealkylation sites (tertiary alicyclic amines) is 1. The first-order chi connectivity index (χ1) is 12.4. The first-order valence-electron chi connectivity index (χ1n) is 8.86. The van der Waals surface area contributed by atoms with Crippen molar-refractivity contribution in [1.29, 1.82) is 0 Å². The van der Waals surface area contributed by atoms with Crippen molar-refractivity contribution in [2.45, 2.75) is 31.6 Å². The van der Waals surface area contributed by atoms with Crippen LogP contribution < -0.4 is 0 Å². The van der Waals surface area contributed by atoms with Gasteiger partial charge >= 0.3 is 0 Å². The second-order valence-electron chi connectivity index (χ2n) is 7.07. The molecule has 1 aromatic rings. The summed E-state index contributed by atoms with van der Waals surface area (Å²) < 4.78 is 36.4. The second-order valence-corrected chi connectivity index (χ2v) is 9.05. The molecule has 9 heteroatoms. The van der Waals surface area contributed by atoms with Crippen molar-refractivity contribution in [1.82, 2.24) is 14.2 Å². The summed E-state index contributed by atoms with van der Waals surface area (Å²) in [6.07, 6.45) is 6.33. The van der Waals surface area contributed by atoms with Crippen LogP contribution in [0.2, 0.25) is 0 Å². The number of amides is 1. The fraction of sp³-hybridized carbons (Fsp3) is 0.647. The third-order valence-electron chi connectivity index (χ3n) is 5.43. The van der Waals surface area contributed by atoms with Crippen LogP contribution in [0.5, 0.6) is 0 Å². The molecule has 0 aliphatic carbocycles. The van der Waals surface area contributed by atoms with Gasteiger partial charge in [-0.2, -0.15) is 4.31 Å². The highest BCUT2D eigenvalue weighted by Gasteiger charge is 2.41.